The van der Waals surface area contributed by atoms with Crippen LogP contribution in [0.15, 0.2) is 30.5 Å². The number of ether oxygens (including phenoxy) is 1. The molecular weight excluding hydrogens is 194 g/mol. The van der Waals surface area contributed by atoms with Crippen LogP contribution in [0.2, 0.25) is 0 Å². The molecule has 0 unspecified atom stereocenters. The summed E-state index contributed by atoms with van der Waals surface area (Å²) in [6, 6.07) is 8.05. The Bertz CT molecular complexity index is 461. The number of hydrogen-bond donors (Lipinski definition) is 1. The maximum absolute atomic E-state index is 5.27. The molecule has 0 fully saturated rings. The smallest absolute Gasteiger partial charge is 0.191 e. The van der Waals surface area contributed by atoms with Crippen molar-refractivity contribution in [2.24, 2.45) is 0 Å². The predicted octanol–water partition coefficient (Wildman–Crippen LogP) is 2.88. The Morgan fingerprint density at radius 3 is 3.07 bits per heavy atom. The van der Waals surface area contributed by atoms with Gasteiger partial charge in [0.1, 0.15) is 0 Å². The van der Waals surface area contributed by atoms with Crippen molar-refractivity contribution < 1.29 is 4.74 Å². The maximum Gasteiger partial charge on any atom is 0.191 e. The Kier molecular flexibility index (Phi) is 2.50. The average molecular weight is 205 g/mol. The summed E-state index contributed by atoms with van der Waals surface area (Å²) in [4.78, 5) is 3.14. The van der Waals surface area contributed by atoms with Gasteiger partial charge in [0.2, 0.25) is 0 Å². The standard InChI is InChI=1S/C11H11NOS/c1-2-13-11(14)9-4-3-8-5-6-12-10(8)7-9/h3-7,12H,2H2,1H3. The lowest BCUT2D eigenvalue weighted by Gasteiger charge is -2.04. The van der Waals surface area contributed by atoms with Gasteiger partial charge in [-0.3, -0.25) is 0 Å². The van der Waals surface area contributed by atoms with Crippen molar-refractivity contribution in [3.05, 3.63) is 36.0 Å². The van der Waals surface area contributed by atoms with Crippen LogP contribution < -0.4 is 0 Å². The lowest BCUT2D eigenvalue weighted by molar-refractivity contribution is 0.337. The van der Waals surface area contributed by atoms with Crippen molar-refractivity contribution in [2.75, 3.05) is 6.61 Å². The summed E-state index contributed by atoms with van der Waals surface area (Å²) in [6.45, 7) is 2.54. The van der Waals surface area contributed by atoms with Gasteiger partial charge in [-0.05, 0) is 42.7 Å². The zero-order valence-electron chi connectivity index (χ0n) is 7.91. The molecule has 1 heterocycles. The molecule has 1 aromatic carbocycles. The number of aromatic nitrogens is 1. The molecule has 0 amide bonds. The second-order valence-corrected chi connectivity index (χ2v) is 3.37. The monoisotopic (exact) mass is 205 g/mol. The van der Waals surface area contributed by atoms with E-state index < -0.39 is 0 Å². The molecule has 1 aromatic heterocycles. The minimum Gasteiger partial charge on any atom is -0.483 e. The number of hydrogen-bond acceptors (Lipinski definition) is 2. The number of fused-ring (bicyclic) bond motifs is 1. The van der Waals surface area contributed by atoms with Crippen LogP contribution in [-0.4, -0.2) is 16.6 Å². The summed E-state index contributed by atoms with van der Waals surface area (Å²) in [5.74, 6) is 0. The van der Waals surface area contributed by atoms with E-state index in [1.165, 1.54) is 5.39 Å². The summed E-state index contributed by atoms with van der Waals surface area (Å²) >= 11 is 5.12. The number of aromatic amines is 1. The Morgan fingerprint density at radius 1 is 1.43 bits per heavy atom. The van der Waals surface area contributed by atoms with Gasteiger partial charge >= 0.3 is 0 Å². The Balaban J connectivity index is 2.38. The highest BCUT2D eigenvalue weighted by Gasteiger charge is 2.02. The molecule has 2 aromatic rings. The normalized spacial score (nSPS) is 10.4. The first-order valence-corrected chi connectivity index (χ1v) is 4.96. The largest absolute Gasteiger partial charge is 0.483 e. The van der Waals surface area contributed by atoms with E-state index in [9.17, 15) is 0 Å². The fraction of sp³-hybridized carbons (Fsp3) is 0.182. The second kappa shape index (κ2) is 3.80. The van der Waals surface area contributed by atoms with Gasteiger partial charge in [-0.1, -0.05) is 6.07 Å². The minimum atomic E-state index is 0.559. The van der Waals surface area contributed by atoms with Gasteiger partial charge in [-0.15, -0.1) is 0 Å². The summed E-state index contributed by atoms with van der Waals surface area (Å²) in [7, 11) is 0. The van der Waals surface area contributed by atoms with E-state index in [0.717, 1.165) is 11.1 Å². The topological polar surface area (TPSA) is 25.0 Å². The molecule has 2 rings (SSSR count). The second-order valence-electron chi connectivity index (χ2n) is 3.00. The molecule has 3 heteroatoms. The average Bonchev–Trinajstić information content (AvgIpc) is 2.64. The lowest BCUT2D eigenvalue weighted by Crippen LogP contribution is -2.02. The third-order valence-corrected chi connectivity index (χ3v) is 2.42. The van der Waals surface area contributed by atoms with Crippen LogP contribution in [0, 0.1) is 0 Å². The molecular formula is C11H11NOS. The van der Waals surface area contributed by atoms with Crippen molar-refractivity contribution in [2.45, 2.75) is 6.92 Å². The molecule has 0 radical (unpaired) electrons. The molecule has 0 atom stereocenters. The van der Waals surface area contributed by atoms with Crippen molar-refractivity contribution >= 4 is 28.2 Å². The van der Waals surface area contributed by atoms with Crippen LogP contribution in [0.25, 0.3) is 10.9 Å². The summed E-state index contributed by atoms with van der Waals surface area (Å²) in [6.07, 6.45) is 1.91. The molecule has 0 bridgehead atoms. The molecule has 72 valence electrons. The molecule has 1 N–H and O–H groups in total. The quantitative estimate of drug-likeness (QED) is 0.762. The number of nitrogens with one attached hydrogen (secondary N) is 1. The van der Waals surface area contributed by atoms with Gasteiger partial charge in [0.25, 0.3) is 0 Å². The van der Waals surface area contributed by atoms with Gasteiger partial charge in [0, 0.05) is 17.3 Å². The SMILES string of the molecule is CCOC(=S)c1ccc2cc[nH]c2c1. The number of H-pyrrole nitrogens is 1. The van der Waals surface area contributed by atoms with E-state index in [2.05, 4.69) is 4.98 Å². The molecule has 0 aliphatic rings. The maximum atomic E-state index is 5.27. The van der Waals surface area contributed by atoms with Crippen molar-refractivity contribution in [1.29, 1.82) is 0 Å². The van der Waals surface area contributed by atoms with E-state index in [4.69, 9.17) is 17.0 Å². The fourth-order valence-corrected chi connectivity index (χ4v) is 1.63. The van der Waals surface area contributed by atoms with Gasteiger partial charge in [-0.2, -0.15) is 0 Å². The highest BCUT2D eigenvalue weighted by atomic mass is 32.1. The van der Waals surface area contributed by atoms with Crippen LogP contribution in [0.4, 0.5) is 0 Å². The lowest BCUT2D eigenvalue weighted by atomic mass is 10.2. The number of thiocarbonyl (C=S) groups is 1. The molecule has 0 aliphatic carbocycles. The highest BCUT2D eigenvalue weighted by Crippen LogP contribution is 2.15. The summed E-state index contributed by atoms with van der Waals surface area (Å²) in [5.41, 5.74) is 2.04. The number of rotatable bonds is 2. The van der Waals surface area contributed by atoms with Crippen LogP contribution in [-0.2, 0) is 4.74 Å². The van der Waals surface area contributed by atoms with E-state index in [1.807, 2.05) is 37.4 Å². The number of benzene rings is 1. The fourth-order valence-electron chi connectivity index (χ4n) is 1.39. The summed E-state index contributed by atoms with van der Waals surface area (Å²) < 4.78 is 5.27. The van der Waals surface area contributed by atoms with E-state index >= 15 is 0 Å². The van der Waals surface area contributed by atoms with Gasteiger partial charge < -0.3 is 9.72 Å². The molecule has 2 nitrogen and oxygen atoms in total. The zero-order valence-corrected chi connectivity index (χ0v) is 8.73. The third-order valence-electron chi connectivity index (χ3n) is 2.07. The van der Waals surface area contributed by atoms with Gasteiger partial charge in [0.15, 0.2) is 5.05 Å². The first kappa shape index (κ1) is 9.21. The van der Waals surface area contributed by atoms with E-state index in [0.29, 0.717) is 11.7 Å². The van der Waals surface area contributed by atoms with Crippen molar-refractivity contribution in [3.8, 4) is 0 Å². The minimum absolute atomic E-state index is 0.559. The van der Waals surface area contributed by atoms with Crippen molar-refractivity contribution in [3.63, 3.8) is 0 Å². The zero-order chi connectivity index (χ0) is 9.97. The molecule has 0 saturated heterocycles. The van der Waals surface area contributed by atoms with E-state index in [-0.39, 0.29) is 0 Å². The van der Waals surface area contributed by atoms with E-state index in [1.54, 1.807) is 0 Å². The molecule has 14 heavy (non-hydrogen) atoms. The van der Waals surface area contributed by atoms with Crippen LogP contribution in [0.1, 0.15) is 12.5 Å². The third kappa shape index (κ3) is 1.63. The highest BCUT2D eigenvalue weighted by molar-refractivity contribution is 7.80. The molecule has 0 spiro atoms. The predicted molar refractivity (Wildman–Crippen MR) is 61.6 cm³/mol. The van der Waals surface area contributed by atoms with Crippen LogP contribution >= 0.6 is 12.2 Å². The van der Waals surface area contributed by atoms with Crippen LogP contribution in [0.3, 0.4) is 0 Å². The first-order valence-electron chi connectivity index (χ1n) is 4.55. The van der Waals surface area contributed by atoms with Crippen LogP contribution in [0.5, 0.6) is 0 Å². The Morgan fingerprint density at radius 2 is 2.29 bits per heavy atom. The van der Waals surface area contributed by atoms with Gasteiger partial charge in [0.05, 0.1) is 6.61 Å². The molecule has 0 saturated carbocycles. The summed E-state index contributed by atoms with van der Waals surface area (Å²) in [5, 5.41) is 1.75. The Hall–Kier alpha value is -1.35. The van der Waals surface area contributed by atoms with Crippen molar-refractivity contribution in [1.82, 2.24) is 4.98 Å². The van der Waals surface area contributed by atoms with Gasteiger partial charge in [-0.25, -0.2) is 0 Å². The first-order chi connectivity index (χ1) is 6.81. The Labute approximate surface area is 87.9 Å². The molecule has 0 aliphatic heterocycles.